The predicted molar refractivity (Wildman–Crippen MR) is 86.2 cm³/mol. The maximum absolute atomic E-state index is 10.2. The molecule has 5 N–H and O–H groups in total. The number of aliphatic carboxylic acids is 1. The zero-order chi connectivity index (χ0) is 17.7. The highest BCUT2D eigenvalue weighted by Gasteiger charge is 2.06. The number of hydrogen-bond acceptors (Lipinski definition) is 6. The summed E-state index contributed by atoms with van der Waals surface area (Å²) in [6, 6.07) is 6.09. The van der Waals surface area contributed by atoms with Crippen molar-refractivity contribution in [1.29, 1.82) is 0 Å². The first-order valence-electron chi connectivity index (χ1n) is 7.27. The van der Waals surface area contributed by atoms with Crippen LogP contribution in [0.5, 0.6) is 0 Å². The van der Waals surface area contributed by atoms with Crippen molar-refractivity contribution in [3.8, 4) is 0 Å². The number of carbonyl (C=O) groups is 2. The first-order valence-corrected chi connectivity index (χ1v) is 7.27. The van der Waals surface area contributed by atoms with Gasteiger partial charge in [-0.3, -0.25) is 19.7 Å². The maximum atomic E-state index is 10.2. The average molecular weight is 325 g/mol. The SMILES string of the molecule is NC1CCCCC1.NCC(=O)O.O=Cc1cccc([N+](=O)[O-])c1. The summed E-state index contributed by atoms with van der Waals surface area (Å²) in [7, 11) is 0. The van der Waals surface area contributed by atoms with Crippen molar-refractivity contribution >= 4 is 17.9 Å². The molecule has 23 heavy (non-hydrogen) atoms. The lowest BCUT2D eigenvalue weighted by molar-refractivity contribution is -0.384. The van der Waals surface area contributed by atoms with Crippen molar-refractivity contribution in [3.05, 3.63) is 39.9 Å². The Hall–Kier alpha value is -2.32. The molecule has 0 aromatic heterocycles. The summed E-state index contributed by atoms with van der Waals surface area (Å²) in [4.78, 5) is 29.0. The minimum absolute atomic E-state index is 0.0606. The fraction of sp³-hybridized carbons (Fsp3) is 0.467. The topological polar surface area (TPSA) is 150 Å². The number of carbonyl (C=O) groups excluding carboxylic acids is 1. The van der Waals surface area contributed by atoms with Gasteiger partial charge in [0.25, 0.3) is 5.69 Å². The van der Waals surface area contributed by atoms with Crippen LogP contribution in [0.15, 0.2) is 24.3 Å². The van der Waals surface area contributed by atoms with Gasteiger partial charge in [-0.2, -0.15) is 0 Å². The van der Waals surface area contributed by atoms with E-state index in [1.54, 1.807) is 0 Å². The van der Waals surface area contributed by atoms with E-state index in [4.69, 9.17) is 10.8 Å². The summed E-state index contributed by atoms with van der Waals surface area (Å²) in [5.41, 5.74) is 10.5. The zero-order valence-electron chi connectivity index (χ0n) is 12.9. The van der Waals surface area contributed by atoms with Crippen molar-refractivity contribution in [2.24, 2.45) is 11.5 Å². The molecule has 8 heteroatoms. The van der Waals surface area contributed by atoms with Crippen LogP contribution in [0, 0.1) is 10.1 Å². The summed E-state index contributed by atoms with van der Waals surface area (Å²) in [5.74, 6) is -0.968. The summed E-state index contributed by atoms with van der Waals surface area (Å²) in [6.07, 6.45) is 7.24. The van der Waals surface area contributed by atoms with Crippen LogP contribution in [0.25, 0.3) is 0 Å². The van der Waals surface area contributed by atoms with Crippen molar-refractivity contribution in [2.75, 3.05) is 6.54 Å². The molecule has 0 spiro atoms. The molecule has 1 fully saturated rings. The number of nitro benzene ring substituents is 1. The largest absolute Gasteiger partial charge is 0.480 e. The number of non-ortho nitro benzene ring substituents is 1. The fourth-order valence-electron chi connectivity index (χ4n) is 1.85. The number of carboxylic acids is 1. The molecule has 0 heterocycles. The second-order valence-corrected chi connectivity index (χ2v) is 4.97. The van der Waals surface area contributed by atoms with Gasteiger partial charge in [0, 0.05) is 23.7 Å². The van der Waals surface area contributed by atoms with Gasteiger partial charge in [-0.15, -0.1) is 0 Å². The lowest BCUT2D eigenvalue weighted by Crippen LogP contribution is -2.22. The Balaban J connectivity index is 0.000000347. The molecule has 128 valence electrons. The molecule has 1 aliphatic carbocycles. The second kappa shape index (κ2) is 12.2. The summed E-state index contributed by atoms with van der Waals surface area (Å²) < 4.78 is 0. The van der Waals surface area contributed by atoms with Gasteiger partial charge < -0.3 is 16.6 Å². The summed E-state index contributed by atoms with van der Waals surface area (Å²) in [6.45, 7) is -0.278. The van der Waals surface area contributed by atoms with Gasteiger partial charge in [0.1, 0.15) is 6.29 Å². The van der Waals surface area contributed by atoms with Gasteiger partial charge in [0.05, 0.1) is 11.5 Å². The van der Waals surface area contributed by atoms with Gasteiger partial charge in [-0.25, -0.2) is 0 Å². The first kappa shape index (κ1) is 20.7. The molecule has 0 aliphatic heterocycles. The third-order valence-electron chi connectivity index (χ3n) is 3.04. The minimum atomic E-state index is -0.968. The van der Waals surface area contributed by atoms with Crippen LogP contribution in [0.4, 0.5) is 5.69 Å². The number of aldehydes is 1. The monoisotopic (exact) mass is 325 g/mol. The predicted octanol–water partition coefficient (Wildman–Crippen LogP) is 1.71. The molecule has 8 nitrogen and oxygen atoms in total. The molecule has 0 amide bonds. The molecular formula is C15H23N3O5. The third kappa shape index (κ3) is 11.0. The molecule has 0 bridgehead atoms. The van der Waals surface area contributed by atoms with Crippen molar-refractivity contribution in [2.45, 2.75) is 38.1 Å². The van der Waals surface area contributed by atoms with E-state index in [0.29, 0.717) is 17.9 Å². The number of nitrogens with zero attached hydrogens (tertiary/aromatic N) is 1. The molecule has 1 aromatic carbocycles. The van der Waals surface area contributed by atoms with Crippen LogP contribution in [-0.2, 0) is 4.79 Å². The number of carboxylic acid groups (broad SMARTS) is 1. The highest BCUT2D eigenvalue weighted by atomic mass is 16.6. The Kier molecular flexibility index (Phi) is 11.0. The molecular weight excluding hydrogens is 302 g/mol. The highest BCUT2D eigenvalue weighted by molar-refractivity contribution is 5.75. The number of benzene rings is 1. The molecule has 1 aliphatic rings. The number of hydrogen-bond donors (Lipinski definition) is 3. The lowest BCUT2D eigenvalue weighted by atomic mass is 9.97. The Bertz CT molecular complexity index is 502. The molecule has 0 atom stereocenters. The Morgan fingerprint density at radius 2 is 1.91 bits per heavy atom. The number of nitrogens with two attached hydrogens (primary N) is 2. The van der Waals surface area contributed by atoms with E-state index in [1.807, 2.05) is 0 Å². The van der Waals surface area contributed by atoms with Gasteiger partial charge in [0.2, 0.25) is 0 Å². The van der Waals surface area contributed by atoms with Gasteiger partial charge in [-0.05, 0) is 12.8 Å². The van der Waals surface area contributed by atoms with Crippen LogP contribution >= 0.6 is 0 Å². The van der Waals surface area contributed by atoms with Crippen molar-refractivity contribution in [1.82, 2.24) is 0 Å². The number of rotatable bonds is 3. The molecule has 1 aromatic rings. The molecule has 0 saturated heterocycles. The normalized spacial score (nSPS) is 13.7. The Morgan fingerprint density at radius 1 is 1.35 bits per heavy atom. The van der Waals surface area contributed by atoms with Crippen molar-refractivity contribution in [3.63, 3.8) is 0 Å². The standard InChI is InChI=1S/C7H5NO3.C6H13N.C2H5NO2/c9-5-6-2-1-3-7(4-6)8(10)11;7-6-4-2-1-3-5-6;3-1-2(4)5/h1-5H;6H,1-5,7H2;1,3H2,(H,4,5). The molecule has 2 rings (SSSR count). The summed E-state index contributed by atoms with van der Waals surface area (Å²) in [5, 5.41) is 17.8. The van der Waals surface area contributed by atoms with E-state index < -0.39 is 10.9 Å². The van der Waals surface area contributed by atoms with Crippen LogP contribution in [0.2, 0.25) is 0 Å². The van der Waals surface area contributed by atoms with Crippen LogP contribution in [0.1, 0.15) is 42.5 Å². The quantitative estimate of drug-likeness (QED) is 0.435. The number of nitro groups is 1. The van der Waals surface area contributed by atoms with E-state index in [-0.39, 0.29) is 12.2 Å². The zero-order valence-corrected chi connectivity index (χ0v) is 12.9. The van der Waals surface area contributed by atoms with E-state index >= 15 is 0 Å². The van der Waals surface area contributed by atoms with E-state index in [1.165, 1.54) is 56.4 Å². The summed E-state index contributed by atoms with van der Waals surface area (Å²) >= 11 is 0. The smallest absolute Gasteiger partial charge is 0.317 e. The maximum Gasteiger partial charge on any atom is 0.317 e. The second-order valence-electron chi connectivity index (χ2n) is 4.97. The third-order valence-corrected chi connectivity index (χ3v) is 3.04. The minimum Gasteiger partial charge on any atom is -0.480 e. The molecule has 1 saturated carbocycles. The van der Waals surface area contributed by atoms with Crippen molar-refractivity contribution < 1.29 is 19.6 Å². The average Bonchev–Trinajstić information content (AvgIpc) is 2.56. The molecule has 0 unspecified atom stereocenters. The van der Waals surface area contributed by atoms with E-state index in [2.05, 4.69) is 5.73 Å². The van der Waals surface area contributed by atoms with Crippen LogP contribution < -0.4 is 11.5 Å². The van der Waals surface area contributed by atoms with Gasteiger partial charge >= 0.3 is 5.97 Å². The Labute approximate surface area is 134 Å². The van der Waals surface area contributed by atoms with E-state index in [0.717, 1.165) is 0 Å². The Morgan fingerprint density at radius 3 is 2.26 bits per heavy atom. The van der Waals surface area contributed by atoms with Gasteiger partial charge in [-0.1, -0.05) is 31.4 Å². The van der Waals surface area contributed by atoms with Crippen LogP contribution in [-0.4, -0.2) is 34.9 Å². The lowest BCUT2D eigenvalue weighted by Gasteiger charge is -2.15. The molecule has 0 radical (unpaired) electrons. The van der Waals surface area contributed by atoms with E-state index in [9.17, 15) is 19.7 Å². The van der Waals surface area contributed by atoms with Gasteiger partial charge in [0.15, 0.2) is 0 Å². The van der Waals surface area contributed by atoms with Crippen LogP contribution in [0.3, 0.4) is 0 Å². The highest BCUT2D eigenvalue weighted by Crippen LogP contribution is 2.14. The first-order chi connectivity index (χ1) is 10.9. The fourth-order valence-corrected chi connectivity index (χ4v) is 1.85.